The van der Waals surface area contributed by atoms with Gasteiger partial charge in [0.25, 0.3) is 0 Å². The first kappa shape index (κ1) is 10.0. The summed E-state index contributed by atoms with van der Waals surface area (Å²) in [5, 5.41) is 8.63. The Balaban J connectivity index is 0.000000218. The van der Waals surface area contributed by atoms with Gasteiger partial charge in [-0.1, -0.05) is 24.3 Å². The summed E-state index contributed by atoms with van der Waals surface area (Å²) in [7, 11) is 0. The second kappa shape index (κ2) is 7.16. The topological polar surface area (TPSA) is 20.2 Å². The Morgan fingerprint density at radius 1 is 1.36 bits per heavy atom. The molecule has 60 valence electrons. The molecule has 0 aliphatic rings. The molecule has 1 aromatic carbocycles. The van der Waals surface area contributed by atoms with Gasteiger partial charge in [-0.3, -0.25) is 0 Å². The normalized spacial score (nSPS) is 7.73. The number of aromatic hydroxyl groups is 1. The second-order valence-electron chi connectivity index (χ2n) is 1.78. The van der Waals surface area contributed by atoms with E-state index in [9.17, 15) is 0 Å². The van der Waals surface area contributed by atoms with E-state index < -0.39 is 0 Å². The predicted molar refractivity (Wildman–Crippen MR) is 49.0 cm³/mol. The molecule has 0 radical (unpaired) electrons. The van der Waals surface area contributed by atoms with Crippen LogP contribution in [-0.4, -0.2) is 11.0 Å². The number of benzene rings is 1. The van der Waals surface area contributed by atoms with Crippen molar-refractivity contribution >= 4 is 11.6 Å². The molecular formula is C9H11ClO. The Hall–Kier alpha value is -0.950. The third-order valence-electron chi connectivity index (χ3n) is 0.865. The summed E-state index contributed by atoms with van der Waals surface area (Å²) in [6.07, 6.45) is 1.64. The van der Waals surface area contributed by atoms with Crippen LogP contribution >= 0.6 is 11.6 Å². The first-order valence-electron chi connectivity index (χ1n) is 3.22. The number of para-hydroxylation sites is 1. The van der Waals surface area contributed by atoms with Crippen LogP contribution in [0.25, 0.3) is 0 Å². The van der Waals surface area contributed by atoms with E-state index in [4.69, 9.17) is 16.7 Å². The van der Waals surface area contributed by atoms with E-state index in [1.807, 2.05) is 6.07 Å². The van der Waals surface area contributed by atoms with Crippen molar-refractivity contribution in [3.05, 3.63) is 43.0 Å². The SMILES string of the molecule is C=CCCl.Oc1ccccc1. The van der Waals surface area contributed by atoms with E-state index in [0.717, 1.165) is 0 Å². The molecule has 1 N–H and O–H groups in total. The molecule has 0 heterocycles. The fourth-order valence-electron chi connectivity index (χ4n) is 0.428. The van der Waals surface area contributed by atoms with E-state index in [-0.39, 0.29) is 0 Å². The number of phenols is 1. The van der Waals surface area contributed by atoms with E-state index >= 15 is 0 Å². The third-order valence-corrected chi connectivity index (χ3v) is 1.08. The molecule has 0 unspecified atom stereocenters. The Kier molecular flexibility index (Phi) is 6.54. The summed E-state index contributed by atoms with van der Waals surface area (Å²) >= 11 is 5.07. The van der Waals surface area contributed by atoms with Crippen LogP contribution in [0.5, 0.6) is 5.75 Å². The number of rotatable bonds is 1. The molecule has 0 aliphatic carbocycles. The minimum Gasteiger partial charge on any atom is -0.508 e. The molecule has 0 aromatic heterocycles. The maximum absolute atomic E-state index is 8.63. The lowest BCUT2D eigenvalue weighted by Gasteiger charge is -1.82. The Morgan fingerprint density at radius 2 is 1.82 bits per heavy atom. The first-order valence-corrected chi connectivity index (χ1v) is 3.75. The van der Waals surface area contributed by atoms with Gasteiger partial charge in [0.15, 0.2) is 0 Å². The highest BCUT2D eigenvalue weighted by Crippen LogP contribution is 2.02. The summed E-state index contributed by atoms with van der Waals surface area (Å²) in [5.41, 5.74) is 0. The second-order valence-corrected chi connectivity index (χ2v) is 2.09. The number of hydrogen-bond acceptors (Lipinski definition) is 1. The van der Waals surface area contributed by atoms with Crippen LogP contribution in [0.3, 0.4) is 0 Å². The number of alkyl halides is 1. The lowest BCUT2D eigenvalue weighted by Crippen LogP contribution is -1.56. The van der Waals surface area contributed by atoms with Crippen LogP contribution < -0.4 is 0 Å². The molecule has 1 nitrogen and oxygen atoms in total. The van der Waals surface area contributed by atoms with E-state index in [2.05, 4.69) is 6.58 Å². The Bertz CT molecular complexity index is 184. The molecule has 0 amide bonds. The highest BCUT2D eigenvalue weighted by atomic mass is 35.5. The van der Waals surface area contributed by atoms with Gasteiger partial charge >= 0.3 is 0 Å². The van der Waals surface area contributed by atoms with Crippen molar-refractivity contribution in [2.75, 3.05) is 5.88 Å². The lowest BCUT2D eigenvalue weighted by molar-refractivity contribution is 0.475. The summed E-state index contributed by atoms with van der Waals surface area (Å²) in [6.45, 7) is 3.35. The maximum atomic E-state index is 8.63. The van der Waals surface area contributed by atoms with Crippen molar-refractivity contribution in [3.63, 3.8) is 0 Å². The van der Waals surface area contributed by atoms with Crippen molar-refractivity contribution in [1.82, 2.24) is 0 Å². The molecule has 0 aliphatic heterocycles. The maximum Gasteiger partial charge on any atom is 0.115 e. The molecule has 1 aromatic rings. The van der Waals surface area contributed by atoms with Gasteiger partial charge in [-0.05, 0) is 12.1 Å². The average Bonchev–Trinajstić information content (AvgIpc) is 2.07. The number of allylic oxidation sites excluding steroid dienone is 1. The van der Waals surface area contributed by atoms with Crippen LogP contribution in [0.4, 0.5) is 0 Å². The van der Waals surface area contributed by atoms with Crippen LogP contribution in [0.1, 0.15) is 0 Å². The van der Waals surface area contributed by atoms with Gasteiger partial charge in [-0.15, -0.1) is 18.2 Å². The molecule has 0 saturated carbocycles. The van der Waals surface area contributed by atoms with E-state index in [1.165, 1.54) is 0 Å². The predicted octanol–water partition coefficient (Wildman–Crippen LogP) is 2.80. The molecule has 0 bridgehead atoms. The van der Waals surface area contributed by atoms with Crippen LogP contribution in [0, 0.1) is 0 Å². The number of halogens is 1. The van der Waals surface area contributed by atoms with Crippen molar-refractivity contribution in [2.24, 2.45) is 0 Å². The molecule has 2 heteroatoms. The molecule has 0 atom stereocenters. The fraction of sp³-hybridized carbons (Fsp3) is 0.111. The summed E-state index contributed by atoms with van der Waals surface area (Å²) < 4.78 is 0. The minimum absolute atomic E-state index is 0.322. The Morgan fingerprint density at radius 3 is 2.00 bits per heavy atom. The van der Waals surface area contributed by atoms with Gasteiger partial charge in [0.1, 0.15) is 5.75 Å². The standard InChI is InChI=1S/C6H6O.C3H5Cl/c7-6-4-2-1-3-5-6;1-2-3-4/h1-5,7H;2H,1,3H2. The zero-order chi connectivity index (χ0) is 8.53. The molecule has 11 heavy (non-hydrogen) atoms. The van der Waals surface area contributed by atoms with Crippen molar-refractivity contribution < 1.29 is 5.11 Å². The van der Waals surface area contributed by atoms with Gasteiger partial charge in [0, 0.05) is 5.88 Å². The number of hydrogen-bond donors (Lipinski definition) is 1. The largest absolute Gasteiger partial charge is 0.508 e. The monoisotopic (exact) mass is 170 g/mol. The summed E-state index contributed by atoms with van der Waals surface area (Å²) in [4.78, 5) is 0. The molecule has 0 fully saturated rings. The van der Waals surface area contributed by atoms with Crippen molar-refractivity contribution in [1.29, 1.82) is 0 Å². The smallest absolute Gasteiger partial charge is 0.115 e. The van der Waals surface area contributed by atoms with Crippen molar-refractivity contribution in [3.8, 4) is 5.75 Å². The highest BCUT2D eigenvalue weighted by molar-refractivity contribution is 6.18. The molecule has 0 spiro atoms. The van der Waals surface area contributed by atoms with Gasteiger partial charge in [-0.2, -0.15) is 0 Å². The van der Waals surface area contributed by atoms with E-state index in [0.29, 0.717) is 11.6 Å². The highest BCUT2D eigenvalue weighted by Gasteiger charge is 1.74. The lowest BCUT2D eigenvalue weighted by atomic mass is 10.3. The summed E-state index contributed by atoms with van der Waals surface area (Å²) in [5.74, 6) is 0.877. The van der Waals surface area contributed by atoms with Gasteiger partial charge in [0.05, 0.1) is 0 Å². The van der Waals surface area contributed by atoms with Crippen LogP contribution in [0.2, 0.25) is 0 Å². The molecule has 1 rings (SSSR count). The van der Waals surface area contributed by atoms with Crippen LogP contribution in [-0.2, 0) is 0 Å². The Labute approximate surface area is 71.9 Å². The van der Waals surface area contributed by atoms with Gasteiger partial charge in [0.2, 0.25) is 0 Å². The quantitative estimate of drug-likeness (QED) is 0.508. The zero-order valence-electron chi connectivity index (χ0n) is 6.20. The minimum atomic E-state index is 0.322. The first-order chi connectivity index (χ1) is 5.31. The fourth-order valence-corrected chi connectivity index (χ4v) is 0.428. The number of phenolic OH excluding ortho intramolecular Hbond substituents is 1. The molecular weight excluding hydrogens is 160 g/mol. The van der Waals surface area contributed by atoms with Crippen LogP contribution in [0.15, 0.2) is 43.0 Å². The average molecular weight is 171 g/mol. The van der Waals surface area contributed by atoms with Gasteiger partial charge < -0.3 is 5.11 Å². The van der Waals surface area contributed by atoms with Gasteiger partial charge in [-0.25, -0.2) is 0 Å². The third kappa shape index (κ3) is 6.94. The zero-order valence-corrected chi connectivity index (χ0v) is 6.96. The summed E-state index contributed by atoms with van der Waals surface area (Å²) in [6, 6.07) is 8.71. The van der Waals surface area contributed by atoms with Crippen molar-refractivity contribution in [2.45, 2.75) is 0 Å². The van der Waals surface area contributed by atoms with E-state index in [1.54, 1.807) is 30.3 Å². The molecule has 0 saturated heterocycles.